The van der Waals surface area contributed by atoms with Gasteiger partial charge in [-0.3, -0.25) is 0 Å². The first kappa shape index (κ1) is 11.6. The van der Waals surface area contributed by atoms with Crippen LogP contribution >= 0.6 is 0 Å². The van der Waals surface area contributed by atoms with Crippen molar-refractivity contribution >= 4 is 11.4 Å². The molecule has 0 unspecified atom stereocenters. The van der Waals surface area contributed by atoms with Crippen LogP contribution in [0, 0.1) is 22.7 Å². The highest BCUT2D eigenvalue weighted by molar-refractivity contribution is 6.12. The van der Waals surface area contributed by atoms with Gasteiger partial charge in [0, 0.05) is 5.56 Å². The Morgan fingerprint density at radius 2 is 1.56 bits per heavy atom. The second kappa shape index (κ2) is 5.43. The molecule has 0 aliphatic heterocycles. The van der Waals surface area contributed by atoms with Gasteiger partial charge in [0.25, 0.3) is 0 Å². The summed E-state index contributed by atoms with van der Waals surface area (Å²) in [5.41, 5.74) is 2.35. The van der Waals surface area contributed by atoms with E-state index in [0.29, 0.717) is 16.8 Å². The van der Waals surface area contributed by atoms with Crippen molar-refractivity contribution in [1.29, 1.82) is 10.5 Å². The fourth-order valence-corrected chi connectivity index (χ4v) is 1.49. The maximum atomic E-state index is 9.12. The van der Waals surface area contributed by atoms with Crippen molar-refractivity contribution in [3.05, 3.63) is 65.7 Å². The van der Waals surface area contributed by atoms with E-state index in [0.717, 1.165) is 5.69 Å². The zero-order valence-electron chi connectivity index (χ0n) is 9.54. The molecule has 0 aromatic heterocycles. The number of rotatable bonds is 2. The van der Waals surface area contributed by atoms with Crippen LogP contribution < -0.4 is 0 Å². The summed E-state index contributed by atoms with van der Waals surface area (Å²) in [7, 11) is 0. The molecule has 0 aliphatic carbocycles. The Balaban J connectivity index is 2.38. The standard InChI is InChI=1S/C15H9N3/c16-10-12-6-8-13(9-7-12)15(11-17)18-14-4-2-1-3-5-14/h1-9H. The minimum absolute atomic E-state index is 0.339. The molecule has 0 spiro atoms. The van der Waals surface area contributed by atoms with E-state index in [4.69, 9.17) is 10.5 Å². The van der Waals surface area contributed by atoms with Crippen molar-refractivity contribution in [3.8, 4) is 12.1 Å². The molecule has 2 rings (SSSR count). The first-order valence-corrected chi connectivity index (χ1v) is 5.38. The number of benzene rings is 2. The first-order valence-electron chi connectivity index (χ1n) is 5.38. The third-order valence-electron chi connectivity index (χ3n) is 2.39. The molecule has 0 saturated heterocycles. The van der Waals surface area contributed by atoms with Gasteiger partial charge in [-0.1, -0.05) is 30.3 Å². The van der Waals surface area contributed by atoms with Crippen LogP contribution in [-0.2, 0) is 0 Å². The van der Waals surface area contributed by atoms with E-state index >= 15 is 0 Å². The molecule has 0 N–H and O–H groups in total. The number of aliphatic imine (C=N–C) groups is 1. The van der Waals surface area contributed by atoms with Crippen LogP contribution in [0.15, 0.2) is 59.6 Å². The number of hydrogen-bond donors (Lipinski definition) is 0. The molecule has 0 atom stereocenters. The van der Waals surface area contributed by atoms with Crippen molar-refractivity contribution < 1.29 is 0 Å². The van der Waals surface area contributed by atoms with Gasteiger partial charge < -0.3 is 0 Å². The fraction of sp³-hybridized carbons (Fsp3) is 0. The van der Waals surface area contributed by atoms with E-state index in [1.54, 1.807) is 24.3 Å². The van der Waals surface area contributed by atoms with E-state index in [2.05, 4.69) is 11.1 Å². The SMILES string of the molecule is N#CC(=Nc1ccccc1)c1ccc(C#N)cc1. The van der Waals surface area contributed by atoms with Crippen molar-refractivity contribution in [3.63, 3.8) is 0 Å². The van der Waals surface area contributed by atoms with Gasteiger partial charge >= 0.3 is 0 Å². The molecule has 0 fully saturated rings. The average Bonchev–Trinajstić information content (AvgIpc) is 2.46. The molecule has 2 aromatic rings. The van der Waals surface area contributed by atoms with Crippen LogP contribution in [-0.4, -0.2) is 5.71 Å². The summed E-state index contributed by atoms with van der Waals surface area (Å²) in [6, 6.07) is 20.2. The molecule has 0 heterocycles. The zero-order chi connectivity index (χ0) is 12.8. The molecule has 0 radical (unpaired) electrons. The van der Waals surface area contributed by atoms with Crippen LogP contribution in [0.25, 0.3) is 0 Å². The lowest BCUT2D eigenvalue weighted by Gasteiger charge is -1.99. The Labute approximate surface area is 105 Å². The monoisotopic (exact) mass is 231 g/mol. The Morgan fingerprint density at radius 1 is 0.889 bits per heavy atom. The van der Waals surface area contributed by atoms with Gasteiger partial charge in [0.2, 0.25) is 0 Å². The number of nitrogens with zero attached hydrogens (tertiary/aromatic N) is 3. The van der Waals surface area contributed by atoms with Gasteiger partial charge in [-0.25, -0.2) is 4.99 Å². The third kappa shape index (κ3) is 2.61. The largest absolute Gasteiger partial charge is 0.237 e. The maximum Gasteiger partial charge on any atom is 0.148 e. The normalized spacial score (nSPS) is 10.4. The summed E-state index contributed by atoms with van der Waals surface area (Å²) < 4.78 is 0. The molecule has 3 nitrogen and oxygen atoms in total. The van der Waals surface area contributed by atoms with E-state index < -0.39 is 0 Å². The van der Waals surface area contributed by atoms with Crippen molar-refractivity contribution in [2.45, 2.75) is 0 Å². The topological polar surface area (TPSA) is 59.9 Å². The molecular formula is C15H9N3. The van der Waals surface area contributed by atoms with E-state index in [1.807, 2.05) is 36.4 Å². The van der Waals surface area contributed by atoms with Crippen molar-refractivity contribution in [1.82, 2.24) is 0 Å². The van der Waals surface area contributed by atoms with Crippen molar-refractivity contribution in [2.24, 2.45) is 4.99 Å². The smallest absolute Gasteiger partial charge is 0.148 e. The molecule has 0 bridgehead atoms. The van der Waals surface area contributed by atoms with Gasteiger partial charge in [0.1, 0.15) is 11.8 Å². The number of hydrogen-bond acceptors (Lipinski definition) is 3. The molecular weight excluding hydrogens is 222 g/mol. The average molecular weight is 231 g/mol. The third-order valence-corrected chi connectivity index (χ3v) is 2.39. The quantitative estimate of drug-likeness (QED) is 0.745. The number of para-hydroxylation sites is 1. The Kier molecular flexibility index (Phi) is 3.49. The predicted octanol–water partition coefficient (Wildman–Crippen LogP) is 3.20. The second-order valence-electron chi connectivity index (χ2n) is 3.60. The van der Waals surface area contributed by atoms with Crippen LogP contribution in [0.5, 0.6) is 0 Å². The molecule has 2 aromatic carbocycles. The minimum atomic E-state index is 0.339. The summed E-state index contributed by atoms with van der Waals surface area (Å²) in [4.78, 5) is 4.28. The summed E-state index contributed by atoms with van der Waals surface area (Å²) in [6.07, 6.45) is 0. The fourth-order valence-electron chi connectivity index (χ4n) is 1.49. The summed E-state index contributed by atoms with van der Waals surface area (Å²) >= 11 is 0. The van der Waals surface area contributed by atoms with Gasteiger partial charge in [-0.05, 0) is 24.3 Å². The van der Waals surface area contributed by atoms with Crippen LogP contribution in [0.4, 0.5) is 5.69 Å². The predicted molar refractivity (Wildman–Crippen MR) is 69.4 cm³/mol. The van der Waals surface area contributed by atoms with E-state index in [-0.39, 0.29) is 0 Å². The van der Waals surface area contributed by atoms with Gasteiger partial charge in [0.15, 0.2) is 0 Å². The Bertz CT molecular complexity index is 641. The molecule has 0 amide bonds. The maximum absolute atomic E-state index is 9.12. The summed E-state index contributed by atoms with van der Waals surface area (Å²) in [5.74, 6) is 0. The molecule has 3 heteroatoms. The molecule has 84 valence electrons. The van der Waals surface area contributed by atoms with Gasteiger partial charge in [-0.15, -0.1) is 0 Å². The Morgan fingerprint density at radius 3 is 2.11 bits per heavy atom. The zero-order valence-corrected chi connectivity index (χ0v) is 9.54. The van der Waals surface area contributed by atoms with Crippen LogP contribution in [0.3, 0.4) is 0 Å². The van der Waals surface area contributed by atoms with Crippen LogP contribution in [0.2, 0.25) is 0 Å². The highest BCUT2D eigenvalue weighted by Gasteiger charge is 2.02. The van der Waals surface area contributed by atoms with Gasteiger partial charge in [0.05, 0.1) is 17.3 Å². The highest BCUT2D eigenvalue weighted by atomic mass is 14.7. The number of nitriles is 2. The van der Waals surface area contributed by atoms with E-state index in [9.17, 15) is 0 Å². The molecule has 0 saturated carbocycles. The lowest BCUT2D eigenvalue weighted by molar-refractivity contribution is 1.46. The van der Waals surface area contributed by atoms with Crippen LogP contribution in [0.1, 0.15) is 11.1 Å². The van der Waals surface area contributed by atoms with E-state index in [1.165, 1.54) is 0 Å². The molecule has 0 aliphatic rings. The summed E-state index contributed by atoms with van der Waals surface area (Å²) in [6.45, 7) is 0. The highest BCUT2D eigenvalue weighted by Crippen LogP contribution is 2.13. The van der Waals surface area contributed by atoms with Crippen molar-refractivity contribution in [2.75, 3.05) is 0 Å². The second-order valence-corrected chi connectivity index (χ2v) is 3.60. The Hall–Kier alpha value is -2.91. The first-order chi connectivity index (χ1) is 8.83. The lowest BCUT2D eigenvalue weighted by atomic mass is 10.1. The molecule has 18 heavy (non-hydrogen) atoms. The van der Waals surface area contributed by atoms with Gasteiger partial charge in [-0.2, -0.15) is 10.5 Å². The minimum Gasteiger partial charge on any atom is -0.237 e. The lowest BCUT2D eigenvalue weighted by Crippen LogP contribution is -1.96. The summed E-state index contributed by atoms with van der Waals surface area (Å²) in [5, 5.41) is 17.8.